The van der Waals surface area contributed by atoms with E-state index in [1.54, 1.807) is 0 Å². The molecule has 33 heavy (non-hydrogen) atoms. The normalized spacial score (nSPS) is 42.6. The van der Waals surface area contributed by atoms with Crippen LogP contribution in [0.5, 0.6) is 0 Å². The quantitative estimate of drug-likeness (QED) is 0.523. The van der Waals surface area contributed by atoms with Gasteiger partial charge in [-0.1, -0.05) is 74.9 Å². The second kappa shape index (κ2) is 13.1. The monoisotopic (exact) mass is 518 g/mol. The van der Waals surface area contributed by atoms with Gasteiger partial charge in [0.25, 0.3) is 0 Å². The molecule has 0 radical (unpaired) electrons. The molecule has 8 unspecified atom stereocenters. The fraction of sp³-hybridized carbons (Fsp3) is 0.923. The number of rotatable bonds is 2. The Labute approximate surface area is 239 Å². The number of nitrogens with one attached hydrogen (secondary N) is 2. The maximum Gasteiger partial charge on any atom is 2.00 e. The van der Waals surface area contributed by atoms with Gasteiger partial charge in [0.05, 0.1) is 10.5 Å². The van der Waals surface area contributed by atoms with Crippen molar-refractivity contribution in [3.05, 3.63) is 0 Å². The first-order chi connectivity index (χ1) is 15.7. The molecule has 4 fully saturated rings. The maximum absolute atomic E-state index is 12.0. The second-order valence-corrected chi connectivity index (χ2v) is 13.5. The molecule has 0 spiro atoms. The zero-order chi connectivity index (χ0) is 21.9. The molecule has 4 aliphatic carbocycles. The molecule has 4 nitrogen and oxygen atoms in total. The second-order valence-electron chi connectivity index (χ2n) is 11.0. The molecular weight excluding hydrogens is 477 g/mol. The average molecular weight is 519 g/mol. The molecule has 6 rings (SSSR count). The standard InChI is InChI=1S/2C13H20NOS.Ca/c2*15-11-7-3-1-5-9(11)13-14-10-6-2-4-8-12(10)16-13;/h2*9-12H,1-8H2;/q2*-1;+2/p+2. The summed E-state index contributed by atoms with van der Waals surface area (Å²) < 4.78 is 0. The van der Waals surface area contributed by atoms with E-state index in [4.69, 9.17) is 0 Å². The van der Waals surface area contributed by atoms with Crippen molar-refractivity contribution in [2.24, 2.45) is 11.8 Å². The van der Waals surface area contributed by atoms with Gasteiger partial charge in [-0.3, -0.25) is 0 Å². The minimum atomic E-state index is -0.330. The van der Waals surface area contributed by atoms with E-state index in [9.17, 15) is 10.2 Å². The number of hydrogen-bond acceptors (Lipinski definition) is 4. The van der Waals surface area contributed by atoms with Gasteiger partial charge < -0.3 is 10.2 Å². The molecule has 0 amide bonds. The smallest absolute Gasteiger partial charge is 0.851 e. The summed E-state index contributed by atoms with van der Waals surface area (Å²) >= 11 is 4.02. The number of fused-ring (bicyclic) bond motifs is 2. The van der Waals surface area contributed by atoms with Crippen LogP contribution >= 0.6 is 23.5 Å². The minimum Gasteiger partial charge on any atom is -0.851 e. The van der Waals surface area contributed by atoms with Gasteiger partial charge in [-0.2, -0.15) is 0 Å². The molecule has 0 bridgehead atoms. The molecule has 8 atom stereocenters. The van der Waals surface area contributed by atoms with Crippen molar-refractivity contribution in [3.63, 3.8) is 0 Å². The van der Waals surface area contributed by atoms with Crippen LogP contribution in [-0.4, -0.2) is 82.6 Å². The van der Waals surface area contributed by atoms with Gasteiger partial charge in [-0.05, 0) is 38.5 Å². The molecule has 0 saturated heterocycles. The van der Waals surface area contributed by atoms with Crippen LogP contribution in [0.3, 0.4) is 0 Å². The largest absolute Gasteiger partial charge is 2.00 e. The molecule has 7 heteroatoms. The molecular formula is C26H42CaN2O2S2+2. The maximum atomic E-state index is 12.0. The first-order valence-electron chi connectivity index (χ1n) is 13.6. The molecule has 180 valence electrons. The van der Waals surface area contributed by atoms with E-state index in [0.717, 1.165) is 49.0 Å². The predicted molar refractivity (Wildman–Crippen MR) is 136 cm³/mol. The van der Waals surface area contributed by atoms with E-state index in [-0.39, 0.29) is 49.9 Å². The van der Waals surface area contributed by atoms with Crippen molar-refractivity contribution >= 4 is 71.3 Å². The van der Waals surface area contributed by atoms with Crippen LogP contribution in [0, 0.1) is 11.8 Å². The third-order valence-corrected chi connectivity index (χ3v) is 11.8. The van der Waals surface area contributed by atoms with E-state index < -0.39 is 0 Å². The van der Waals surface area contributed by atoms with Crippen molar-refractivity contribution in [1.82, 2.24) is 0 Å². The van der Waals surface area contributed by atoms with E-state index in [0.29, 0.717) is 23.9 Å². The zero-order valence-corrected chi connectivity index (χ0v) is 24.1. The van der Waals surface area contributed by atoms with Crippen LogP contribution in [0.25, 0.3) is 0 Å². The van der Waals surface area contributed by atoms with Crippen molar-refractivity contribution in [1.29, 1.82) is 0 Å². The van der Waals surface area contributed by atoms with Crippen molar-refractivity contribution in [2.45, 2.75) is 138 Å². The zero-order valence-electron chi connectivity index (χ0n) is 20.3. The Hall–Kier alpha value is 1.22. The van der Waals surface area contributed by atoms with Gasteiger partial charge in [0.15, 0.2) is 12.1 Å². The van der Waals surface area contributed by atoms with Crippen molar-refractivity contribution in [3.8, 4) is 0 Å². The van der Waals surface area contributed by atoms with E-state index in [2.05, 4.69) is 9.98 Å². The summed E-state index contributed by atoms with van der Waals surface area (Å²) in [4.78, 5) is 7.35. The minimum absolute atomic E-state index is 0. The van der Waals surface area contributed by atoms with Gasteiger partial charge in [0.2, 0.25) is 10.1 Å². The van der Waals surface area contributed by atoms with Gasteiger partial charge in [0, 0.05) is 24.7 Å². The molecule has 2 N–H and O–H groups in total. The van der Waals surface area contributed by atoms with Gasteiger partial charge in [0.1, 0.15) is 0 Å². The Morgan fingerprint density at radius 3 is 1.27 bits per heavy atom. The Kier molecular flexibility index (Phi) is 10.9. The summed E-state index contributed by atoms with van der Waals surface area (Å²) in [7, 11) is 0. The molecule has 0 aromatic heterocycles. The molecule has 0 aromatic carbocycles. The topological polar surface area (TPSA) is 74.1 Å². The van der Waals surface area contributed by atoms with Crippen molar-refractivity contribution in [2.75, 3.05) is 0 Å². The third-order valence-electron chi connectivity index (χ3n) is 8.70. The van der Waals surface area contributed by atoms with Crippen LogP contribution < -0.4 is 20.2 Å². The Balaban J connectivity index is 0.000000152. The fourth-order valence-electron chi connectivity index (χ4n) is 6.75. The van der Waals surface area contributed by atoms with Crippen LogP contribution in [0.15, 0.2) is 0 Å². The number of thioether (sulfide) groups is 2. The van der Waals surface area contributed by atoms with Crippen LogP contribution in [-0.2, 0) is 0 Å². The Morgan fingerprint density at radius 2 is 0.879 bits per heavy atom. The fourth-order valence-corrected chi connectivity index (χ4v) is 10.0. The van der Waals surface area contributed by atoms with Gasteiger partial charge >= 0.3 is 37.7 Å². The van der Waals surface area contributed by atoms with Crippen LogP contribution in [0.4, 0.5) is 0 Å². The van der Waals surface area contributed by atoms with Gasteiger partial charge in [-0.25, -0.2) is 9.98 Å². The molecule has 4 saturated carbocycles. The Bertz CT molecular complexity index is 648. The van der Waals surface area contributed by atoms with Crippen molar-refractivity contribution < 1.29 is 20.2 Å². The van der Waals surface area contributed by atoms with Crippen LogP contribution in [0.2, 0.25) is 0 Å². The Morgan fingerprint density at radius 1 is 0.515 bits per heavy atom. The molecule has 0 aromatic rings. The summed E-state index contributed by atoms with van der Waals surface area (Å²) in [5, 5.41) is 28.3. The predicted octanol–water partition coefficient (Wildman–Crippen LogP) is 0.504. The average Bonchev–Trinajstić information content (AvgIpc) is 3.44. The van der Waals surface area contributed by atoms with E-state index in [1.807, 2.05) is 23.5 Å². The first kappa shape index (κ1) is 27.3. The number of hydrogen-bond donors (Lipinski definition) is 2. The summed E-state index contributed by atoms with van der Waals surface area (Å²) in [6, 6.07) is 1.37. The summed E-state index contributed by atoms with van der Waals surface area (Å²) in [6.07, 6.45) is 19.0. The molecule has 6 aliphatic rings. The third kappa shape index (κ3) is 6.76. The molecule has 2 aliphatic heterocycles. The van der Waals surface area contributed by atoms with E-state index in [1.165, 1.54) is 74.3 Å². The summed E-state index contributed by atoms with van der Waals surface area (Å²) in [5.41, 5.74) is 0. The summed E-state index contributed by atoms with van der Waals surface area (Å²) in [6.45, 7) is 0. The van der Waals surface area contributed by atoms with Gasteiger partial charge in [-0.15, -0.1) is 12.2 Å². The SMILES string of the molecule is [Ca+2].[O-]C1CCCCC1C1=[NH+]C2CCCCC2S1.[O-]C1CCCCC1C1=[NH+]C2CCCCC2S1. The summed E-state index contributed by atoms with van der Waals surface area (Å²) in [5.74, 6) is 0.647. The van der Waals surface area contributed by atoms with E-state index >= 15 is 0 Å². The molecule has 2 heterocycles. The van der Waals surface area contributed by atoms with Crippen LogP contribution in [0.1, 0.15) is 103 Å². The first-order valence-corrected chi connectivity index (χ1v) is 15.4.